The van der Waals surface area contributed by atoms with Gasteiger partial charge in [-0.05, 0) is 12.1 Å². The first-order valence-electron chi connectivity index (χ1n) is 8.37. The van der Waals surface area contributed by atoms with Crippen molar-refractivity contribution in [1.82, 2.24) is 19.6 Å². The normalized spacial score (nSPS) is 11.6. The highest BCUT2D eigenvalue weighted by Gasteiger charge is 2.33. The Balaban J connectivity index is 1.74. The van der Waals surface area contributed by atoms with Crippen molar-refractivity contribution in [2.24, 2.45) is 0 Å². The van der Waals surface area contributed by atoms with Gasteiger partial charge in [-0.25, -0.2) is 23.3 Å². The van der Waals surface area contributed by atoms with Gasteiger partial charge in [-0.15, -0.1) is 0 Å². The summed E-state index contributed by atoms with van der Waals surface area (Å²) in [5.41, 5.74) is -1.65. The highest BCUT2D eigenvalue weighted by molar-refractivity contribution is 6.04. The quantitative estimate of drug-likeness (QED) is 0.502. The summed E-state index contributed by atoms with van der Waals surface area (Å²) in [6, 6.07) is 6.76. The number of aromatic nitrogens is 4. The Kier molecular flexibility index (Phi) is 4.65. The topological polar surface area (TPSA) is 72.2 Å². The van der Waals surface area contributed by atoms with Gasteiger partial charge in [-0.1, -0.05) is 18.2 Å². The molecule has 0 fully saturated rings. The second-order valence-corrected chi connectivity index (χ2v) is 6.12. The van der Waals surface area contributed by atoms with E-state index in [1.807, 2.05) is 0 Å². The minimum absolute atomic E-state index is 0.00230. The van der Waals surface area contributed by atoms with Crippen molar-refractivity contribution in [3.63, 3.8) is 0 Å². The average Bonchev–Trinajstić information content (AvgIpc) is 3.09. The monoisotopic (exact) mass is 419 g/mol. The van der Waals surface area contributed by atoms with Crippen molar-refractivity contribution in [3.8, 4) is 11.3 Å². The third-order valence-corrected chi connectivity index (χ3v) is 4.15. The first-order chi connectivity index (χ1) is 14.2. The minimum atomic E-state index is -4.59. The summed E-state index contributed by atoms with van der Waals surface area (Å²) in [5.74, 6) is -3.11. The predicted molar refractivity (Wildman–Crippen MR) is 95.5 cm³/mol. The van der Waals surface area contributed by atoms with E-state index in [0.29, 0.717) is 12.3 Å². The number of carbonyl (C=O) groups excluding carboxylic acids is 1. The van der Waals surface area contributed by atoms with Crippen LogP contribution in [-0.4, -0.2) is 25.5 Å². The van der Waals surface area contributed by atoms with Gasteiger partial charge in [0.05, 0.1) is 23.7 Å². The van der Waals surface area contributed by atoms with Gasteiger partial charge in [0.25, 0.3) is 5.91 Å². The van der Waals surface area contributed by atoms with E-state index in [9.17, 15) is 26.7 Å². The first-order valence-corrected chi connectivity index (χ1v) is 8.37. The summed E-state index contributed by atoms with van der Waals surface area (Å²) in [4.78, 5) is 19.9. The van der Waals surface area contributed by atoms with E-state index in [1.54, 1.807) is 0 Å². The molecule has 152 valence electrons. The number of carbonyl (C=O) groups is 1. The van der Waals surface area contributed by atoms with Crippen LogP contribution >= 0.6 is 0 Å². The molecule has 0 radical (unpaired) electrons. The number of anilines is 1. The molecule has 11 heteroatoms. The molecule has 0 atom stereocenters. The number of nitrogens with one attached hydrogen (secondary N) is 1. The second kappa shape index (κ2) is 7.17. The standard InChI is InChI=1S/C19H10F5N5O/c20-10-7-13(21)16(25-8-10)18(30)28-15-9-26-29-6-5-14(27-17(15)29)11-3-1-2-4-12(11)19(22,23)24/h1-9H,(H,28,30). The number of halogens is 5. The summed E-state index contributed by atoms with van der Waals surface area (Å²) in [5, 5.41) is 6.28. The van der Waals surface area contributed by atoms with Crippen LogP contribution in [0.4, 0.5) is 27.6 Å². The Labute approximate surface area is 165 Å². The summed E-state index contributed by atoms with van der Waals surface area (Å²) >= 11 is 0. The summed E-state index contributed by atoms with van der Waals surface area (Å²) in [7, 11) is 0. The molecule has 0 aliphatic heterocycles. The second-order valence-electron chi connectivity index (χ2n) is 6.12. The lowest BCUT2D eigenvalue weighted by Gasteiger charge is -2.12. The number of hydrogen-bond donors (Lipinski definition) is 1. The number of benzene rings is 1. The maximum atomic E-state index is 13.8. The molecule has 1 aromatic carbocycles. The molecule has 6 nitrogen and oxygen atoms in total. The molecule has 4 rings (SSSR count). The van der Waals surface area contributed by atoms with Crippen LogP contribution in [0.1, 0.15) is 16.1 Å². The number of alkyl halides is 3. The van der Waals surface area contributed by atoms with Gasteiger partial charge in [-0.2, -0.15) is 18.3 Å². The van der Waals surface area contributed by atoms with Gasteiger partial charge in [0.2, 0.25) is 0 Å². The Bertz CT molecular complexity index is 1270. The highest BCUT2D eigenvalue weighted by atomic mass is 19.4. The number of amides is 1. The van der Waals surface area contributed by atoms with Crippen LogP contribution in [0.3, 0.4) is 0 Å². The van der Waals surface area contributed by atoms with Crippen LogP contribution in [0.25, 0.3) is 16.9 Å². The third-order valence-electron chi connectivity index (χ3n) is 4.15. The lowest BCUT2D eigenvalue weighted by atomic mass is 10.0. The van der Waals surface area contributed by atoms with Gasteiger partial charge >= 0.3 is 6.18 Å². The van der Waals surface area contributed by atoms with Crippen LogP contribution in [0.5, 0.6) is 0 Å². The van der Waals surface area contributed by atoms with Crippen LogP contribution in [0.15, 0.2) is 55.0 Å². The number of rotatable bonds is 3. The summed E-state index contributed by atoms with van der Waals surface area (Å²) in [6.45, 7) is 0. The molecule has 0 aliphatic carbocycles. The number of hydrogen-bond acceptors (Lipinski definition) is 4. The smallest absolute Gasteiger partial charge is 0.316 e. The van der Waals surface area contributed by atoms with Crippen LogP contribution in [-0.2, 0) is 6.18 Å². The third kappa shape index (κ3) is 3.56. The van der Waals surface area contributed by atoms with E-state index in [0.717, 1.165) is 6.07 Å². The summed E-state index contributed by atoms with van der Waals surface area (Å²) < 4.78 is 68.0. The van der Waals surface area contributed by atoms with Crippen molar-refractivity contribution in [2.45, 2.75) is 6.18 Å². The number of fused-ring (bicyclic) bond motifs is 1. The Morgan fingerprint density at radius 3 is 2.57 bits per heavy atom. The van der Waals surface area contributed by atoms with Crippen LogP contribution in [0.2, 0.25) is 0 Å². The number of pyridine rings is 1. The zero-order valence-corrected chi connectivity index (χ0v) is 14.8. The zero-order valence-electron chi connectivity index (χ0n) is 14.8. The zero-order chi connectivity index (χ0) is 21.5. The molecule has 0 bridgehead atoms. The largest absolute Gasteiger partial charge is 0.417 e. The van der Waals surface area contributed by atoms with E-state index in [-0.39, 0.29) is 22.6 Å². The lowest BCUT2D eigenvalue weighted by Crippen LogP contribution is -2.16. The SMILES string of the molecule is O=C(Nc1cnn2ccc(-c3ccccc3C(F)(F)F)nc12)c1ncc(F)cc1F. The molecular weight excluding hydrogens is 409 g/mol. The van der Waals surface area contributed by atoms with Gasteiger partial charge in [0.1, 0.15) is 11.5 Å². The van der Waals surface area contributed by atoms with Crippen molar-refractivity contribution in [3.05, 3.63) is 77.9 Å². The van der Waals surface area contributed by atoms with Crippen molar-refractivity contribution in [1.29, 1.82) is 0 Å². The molecule has 0 aliphatic rings. The lowest BCUT2D eigenvalue weighted by molar-refractivity contribution is -0.137. The maximum absolute atomic E-state index is 13.8. The van der Waals surface area contributed by atoms with Crippen LogP contribution < -0.4 is 5.32 Å². The molecule has 4 aromatic rings. The van der Waals surface area contributed by atoms with Gasteiger partial charge in [0, 0.05) is 17.8 Å². The molecule has 3 heterocycles. The average molecular weight is 419 g/mol. The Morgan fingerprint density at radius 1 is 1.07 bits per heavy atom. The van der Waals surface area contributed by atoms with Crippen molar-refractivity contribution in [2.75, 3.05) is 5.32 Å². The molecule has 3 aromatic heterocycles. The van der Waals surface area contributed by atoms with E-state index >= 15 is 0 Å². The molecule has 1 N–H and O–H groups in total. The molecule has 30 heavy (non-hydrogen) atoms. The Morgan fingerprint density at radius 2 is 1.83 bits per heavy atom. The van der Waals surface area contributed by atoms with E-state index in [1.165, 1.54) is 41.2 Å². The van der Waals surface area contributed by atoms with Crippen LogP contribution in [0, 0.1) is 11.6 Å². The van der Waals surface area contributed by atoms with Crippen molar-refractivity contribution >= 4 is 17.2 Å². The molecule has 0 saturated carbocycles. The summed E-state index contributed by atoms with van der Waals surface area (Å²) in [6.07, 6.45) is -1.34. The molecule has 0 saturated heterocycles. The first kappa shape index (κ1) is 19.4. The Hall–Kier alpha value is -3.89. The molecular formula is C19H10F5N5O. The maximum Gasteiger partial charge on any atom is 0.417 e. The van der Waals surface area contributed by atoms with Gasteiger partial charge in [0.15, 0.2) is 17.2 Å². The van der Waals surface area contributed by atoms with E-state index in [4.69, 9.17) is 0 Å². The number of nitrogens with zero attached hydrogens (tertiary/aromatic N) is 4. The molecule has 0 spiro atoms. The molecule has 0 unspecified atom stereocenters. The fourth-order valence-electron chi connectivity index (χ4n) is 2.82. The fourth-order valence-corrected chi connectivity index (χ4v) is 2.82. The van der Waals surface area contributed by atoms with E-state index in [2.05, 4.69) is 20.4 Å². The van der Waals surface area contributed by atoms with Gasteiger partial charge in [-0.3, -0.25) is 4.79 Å². The predicted octanol–water partition coefficient (Wildman–Crippen LogP) is 4.34. The van der Waals surface area contributed by atoms with Gasteiger partial charge < -0.3 is 5.32 Å². The minimum Gasteiger partial charge on any atom is -0.316 e. The molecule has 1 amide bonds. The highest BCUT2D eigenvalue weighted by Crippen LogP contribution is 2.36. The van der Waals surface area contributed by atoms with E-state index < -0.39 is 35.0 Å². The fraction of sp³-hybridized carbons (Fsp3) is 0.0526. The van der Waals surface area contributed by atoms with Crippen molar-refractivity contribution < 1.29 is 26.7 Å².